The number of anilines is 1. The molecule has 1 aliphatic heterocycles. The average molecular weight is 293 g/mol. The monoisotopic (exact) mass is 293 g/mol. The van der Waals surface area contributed by atoms with Crippen LogP contribution in [0.4, 0.5) is 5.69 Å². The van der Waals surface area contributed by atoms with E-state index in [9.17, 15) is 8.42 Å². The van der Waals surface area contributed by atoms with Crippen LogP contribution < -0.4 is 4.31 Å². The van der Waals surface area contributed by atoms with E-state index < -0.39 is 10.0 Å². The molecule has 0 aromatic heterocycles. The summed E-state index contributed by atoms with van der Waals surface area (Å²) in [6.45, 7) is 4.43. The minimum Gasteiger partial charge on any atom is -0.395 e. The number of hydrogen-bond donors (Lipinski definition) is 1. The van der Waals surface area contributed by atoms with Crippen molar-refractivity contribution in [1.82, 2.24) is 0 Å². The van der Waals surface area contributed by atoms with Gasteiger partial charge in [0.15, 0.2) is 0 Å². The molecule has 1 aromatic carbocycles. The van der Waals surface area contributed by atoms with Crippen LogP contribution in [0.1, 0.15) is 24.5 Å². The second-order valence-electron chi connectivity index (χ2n) is 5.19. The number of aryl methyl sites for hydroxylation is 1. The zero-order valence-corrected chi connectivity index (χ0v) is 12.6. The van der Waals surface area contributed by atoms with Crippen LogP contribution >= 0.6 is 0 Å². The SMILES string of the molecule is Cc1ccc(N2CC(C)CS2(=O)=O)cc1C#CCCO. The van der Waals surface area contributed by atoms with Crippen molar-refractivity contribution >= 4 is 15.7 Å². The summed E-state index contributed by atoms with van der Waals surface area (Å²) in [4.78, 5) is 0. The van der Waals surface area contributed by atoms with Gasteiger partial charge in [-0.3, -0.25) is 4.31 Å². The van der Waals surface area contributed by atoms with Gasteiger partial charge in [-0.05, 0) is 30.5 Å². The van der Waals surface area contributed by atoms with Gasteiger partial charge >= 0.3 is 0 Å². The maximum atomic E-state index is 12.1. The second-order valence-corrected chi connectivity index (χ2v) is 7.13. The van der Waals surface area contributed by atoms with Gasteiger partial charge < -0.3 is 5.11 Å². The Labute approximate surface area is 120 Å². The van der Waals surface area contributed by atoms with E-state index in [1.165, 1.54) is 4.31 Å². The van der Waals surface area contributed by atoms with Gasteiger partial charge in [-0.15, -0.1) is 0 Å². The first kappa shape index (κ1) is 14.9. The summed E-state index contributed by atoms with van der Waals surface area (Å²) in [6, 6.07) is 5.52. The third-order valence-electron chi connectivity index (χ3n) is 3.28. The third kappa shape index (κ3) is 3.14. The fraction of sp³-hybridized carbons (Fsp3) is 0.467. The molecule has 1 unspecified atom stereocenters. The quantitative estimate of drug-likeness (QED) is 0.841. The van der Waals surface area contributed by atoms with Gasteiger partial charge in [0, 0.05) is 18.5 Å². The smallest absolute Gasteiger partial charge is 0.235 e. The van der Waals surface area contributed by atoms with Crippen LogP contribution in [0.5, 0.6) is 0 Å². The highest BCUT2D eigenvalue weighted by Gasteiger charge is 2.33. The molecular weight excluding hydrogens is 274 g/mol. The van der Waals surface area contributed by atoms with Crippen molar-refractivity contribution in [2.75, 3.05) is 23.2 Å². The Balaban J connectivity index is 2.35. The molecule has 4 nitrogen and oxygen atoms in total. The van der Waals surface area contributed by atoms with Crippen LogP contribution in [0.2, 0.25) is 0 Å². The summed E-state index contributed by atoms with van der Waals surface area (Å²) in [7, 11) is -3.20. The van der Waals surface area contributed by atoms with E-state index in [0.717, 1.165) is 11.1 Å². The largest absolute Gasteiger partial charge is 0.395 e. The van der Waals surface area contributed by atoms with Crippen molar-refractivity contribution in [2.45, 2.75) is 20.3 Å². The molecule has 2 rings (SSSR count). The fourth-order valence-electron chi connectivity index (χ4n) is 2.28. The summed E-state index contributed by atoms with van der Waals surface area (Å²) in [5, 5.41) is 8.75. The van der Waals surface area contributed by atoms with Gasteiger partial charge in [-0.1, -0.05) is 24.8 Å². The standard InChI is InChI=1S/C15H19NO3S/c1-12-10-16(20(18,19)11-12)15-7-6-13(2)14(9-15)5-3-4-8-17/h6-7,9,12,17H,4,8,10-11H2,1-2H3. The lowest BCUT2D eigenvalue weighted by molar-refractivity contribution is 0.305. The summed E-state index contributed by atoms with van der Waals surface area (Å²) >= 11 is 0. The minimum atomic E-state index is -3.20. The van der Waals surface area contributed by atoms with Crippen LogP contribution in [-0.2, 0) is 10.0 Å². The van der Waals surface area contributed by atoms with Crippen LogP contribution in [0.3, 0.4) is 0 Å². The molecule has 1 atom stereocenters. The summed E-state index contributed by atoms with van der Waals surface area (Å²) in [5.74, 6) is 6.20. The molecule has 0 saturated carbocycles. The molecule has 0 aliphatic carbocycles. The highest BCUT2D eigenvalue weighted by Crippen LogP contribution is 2.28. The Morgan fingerprint density at radius 3 is 2.80 bits per heavy atom. The second kappa shape index (κ2) is 5.86. The topological polar surface area (TPSA) is 57.6 Å². The average Bonchev–Trinajstić information content (AvgIpc) is 2.65. The molecule has 5 heteroatoms. The Morgan fingerprint density at radius 1 is 1.45 bits per heavy atom. The highest BCUT2D eigenvalue weighted by atomic mass is 32.2. The summed E-state index contributed by atoms with van der Waals surface area (Å²) in [5.41, 5.74) is 2.49. The van der Waals surface area contributed by atoms with Gasteiger partial charge in [0.2, 0.25) is 10.0 Å². The van der Waals surface area contributed by atoms with Gasteiger partial charge in [-0.25, -0.2) is 8.42 Å². The van der Waals surface area contributed by atoms with E-state index >= 15 is 0 Å². The predicted molar refractivity (Wildman–Crippen MR) is 80.1 cm³/mol. The zero-order valence-electron chi connectivity index (χ0n) is 11.8. The molecule has 1 N–H and O–H groups in total. The molecule has 1 saturated heterocycles. The molecular formula is C15H19NO3S. The molecule has 0 radical (unpaired) electrons. The van der Waals surface area contributed by atoms with E-state index in [-0.39, 0.29) is 18.3 Å². The molecule has 1 fully saturated rings. The summed E-state index contributed by atoms with van der Waals surface area (Å²) < 4.78 is 25.6. The predicted octanol–water partition coefficient (Wildman–Crippen LogP) is 1.51. The number of hydrogen-bond acceptors (Lipinski definition) is 3. The molecule has 20 heavy (non-hydrogen) atoms. The number of sulfonamides is 1. The van der Waals surface area contributed by atoms with Gasteiger partial charge in [-0.2, -0.15) is 0 Å². The maximum Gasteiger partial charge on any atom is 0.235 e. The Kier molecular flexibility index (Phi) is 4.36. The van der Waals surface area contributed by atoms with E-state index in [0.29, 0.717) is 18.7 Å². The Bertz CT molecular complexity index is 655. The van der Waals surface area contributed by atoms with Crippen molar-refractivity contribution in [3.8, 4) is 11.8 Å². The zero-order chi connectivity index (χ0) is 14.8. The van der Waals surface area contributed by atoms with E-state index in [1.807, 2.05) is 32.0 Å². The van der Waals surface area contributed by atoms with Crippen LogP contribution in [-0.4, -0.2) is 32.4 Å². The molecule has 0 spiro atoms. The number of aliphatic hydroxyl groups excluding tert-OH is 1. The molecule has 108 valence electrons. The van der Waals surface area contributed by atoms with Crippen LogP contribution in [0.25, 0.3) is 0 Å². The van der Waals surface area contributed by atoms with Crippen molar-refractivity contribution in [3.63, 3.8) is 0 Å². The normalized spacial score (nSPS) is 20.6. The van der Waals surface area contributed by atoms with Crippen LogP contribution in [0, 0.1) is 24.7 Å². The van der Waals surface area contributed by atoms with Crippen molar-refractivity contribution < 1.29 is 13.5 Å². The first-order valence-electron chi connectivity index (χ1n) is 6.65. The van der Waals surface area contributed by atoms with Crippen molar-refractivity contribution in [3.05, 3.63) is 29.3 Å². The molecule has 1 aromatic rings. The van der Waals surface area contributed by atoms with E-state index in [1.54, 1.807) is 0 Å². The highest BCUT2D eigenvalue weighted by molar-refractivity contribution is 7.93. The van der Waals surface area contributed by atoms with Gasteiger partial charge in [0.1, 0.15) is 0 Å². The van der Waals surface area contributed by atoms with Gasteiger partial charge in [0.05, 0.1) is 18.0 Å². The van der Waals surface area contributed by atoms with Crippen molar-refractivity contribution in [1.29, 1.82) is 0 Å². The minimum absolute atomic E-state index is 0.0315. The molecule has 0 bridgehead atoms. The summed E-state index contributed by atoms with van der Waals surface area (Å²) in [6.07, 6.45) is 0.419. The number of rotatable bonds is 2. The van der Waals surface area contributed by atoms with Gasteiger partial charge in [0.25, 0.3) is 0 Å². The van der Waals surface area contributed by atoms with E-state index in [4.69, 9.17) is 5.11 Å². The molecule has 1 heterocycles. The lowest BCUT2D eigenvalue weighted by Gasteiger charge is -2.18. The Morgan fingerprint density at radius 2 is 2.20 bits per heavy atom. The fourth-order valence-corrected chi connectivity index (χ4v) is 4.20. The number of benzene rings is 1. The maximum absolute atomic E-state index is 12.1. The number of aliphatic hydroxyl groups is 1. The first-order chi connectivity index (χ1) is 9.44. The van der Waals surface area contributed by atoms with Crippen molar-refractivity contribution in [2.24, 2.45) is 5.92 Å². The lowest BCUT2D eigenvalue weighted by Crippen LogP contribution is -2.25. The lowest BCUT2D eigenvalue weighted by atomic mass is 10.1. The van der Waals surface area contributed by atoms with E-state index in [2.05, 4.69) is 11.8 Å². The third-order valence-corrected chi connectivity index (χ3v) is 5.30. The molecule has 1 aliphatic rings. The van der Waals surface area contributed by atoms with Crippen LogP contribution in [0.15, 0.2) is 18.2 Å². The Hall–Kier alpha value is -1.51. The molecule has 0 amide bonds. The number of nitrogens with zero attached hydrogens (tertiary/aromatic N) is 1. The first-order valence-corrected chi connectivity index (χ1v) is 8.26.